The fraction of sp³-hybridized carbons (Fsp3) is 0.655. The number of benzene rings is 1. The van der Waals surface area contributed by atoms with Gasteiger partial charge in [0, 0.05) is 67.7 Å². The summed E-state index contributed by atoms with van der Waals surface area (Å²) in [5.41, 5.74) is 9.38. The van der Waals surface area contributed by atoms with Crippen LogP contribution in [0.25, 0.3) is 0 Å². The van der Waals surface area contributed by atoms with Gasteiger partial charge >= 0.3 is 0 Å². The van der Waals surface area contributed by atoms with Crippen LogP contribution in [0, 0.1) is 0 Å². The quantitative estimate of drug-likeness (QED) is 0.508. The monoisotopic (exact) mass is 482 g/mol. The maximum atomic E-state index is 6.18. The molecule has 0 aliphatic carbocycles. The highest BCUT2D eigenvalue weighted by Crippen LogP contribution is 2.49. The van der Waals surface area contributed by atoms with Crippen LogP contribution in [0.15, 0.2) is 22.6 Å². The molecule has 0 spiro atoms. The molecule has 6 nitrogen and oxygen atoms in total. The van der Waals surface area contributed by atoms with Crippen LogP contribution in [0.1, 0.15) is 62.1 Å². The lowest BCUT2D eigenvalue weighted by molar-refractivity contribution is 0.0744. The number of anilines is 1. The molecule has 5 rings (SSSR count). The Kier molecular flexibility index (Phi) is 7.19. The van der Waals surface area contributed by atoms with Crippen LogP contribution < -0.4 is 14.4 Å². The Bertz CT molecular complexity index is 989. The zero-order valence-corrected chi connectivity index (χ0v) is 22.3. The number of piperidine rings is 1. The van der Waals surface area contributed by atoms with Gasteiger partial charge in [-0.3, -0.25) is 0 Å². The summed E-state index contributed by atoms with van der Waals surface area (Å²) in [4.78, 5) is 5.10. The molecule has 0 radical (unpaired) electrons. The highest BCUT2D eigenvalue weighted by Gasteiger charge is 2.35. The summed E-state index contributed by atoms with van der Waals surface area (Å²) in [6, 6.07) is 0. The molecule has 1 unspecified atom stereocenters. The Morgan fingerprint density at radius 3 is 1.91 bits per heavy atom. The summed E-state index contributed by atoms with van der Waals surface area (Å²) < 4.78 is 24.6. The highest BCUT2D eigenvalue weighted by atomic mass is 16.5. The van der Waals surface area contributed by atoms with Gasteiger partial charge in [0.25, 0.3) is 0 Å². The fourth-order valence-electron chi connectivity index (χ4n) is 7.05. The minimum absolute atomic E-state index is 0.200. The van der Waals surface area contributed by atoms with E-state index in [9.17, 15) is 0 Å². The molecule has 4 aliphatic rings. The van der Waals surface area contributed by atoms with Crippen LogP contribution >= 0.6 is 0 Å². The summed E-state index contributed by atoms with van der Waals surface area (Å²) in [7, 11) is 7.20. The second-order valence-corrected chi connectivity index (χ2v) is 10.3. The van der Waals surface area contributed by atoms with E-state index in [1.807, 2.05) is 0 Å². The molecule has 0 aromatic heterocycles. The maximum Gasteiger partial charge on any atom is 0.131 e. The molecule has 1 aromatic rings. The Morgan fingerprint density at radius 2 is 1.34 bits per heavy atom. The minimum Gasteiger partial charge on any atom is -0.498 e. The smallest absolute Gasteiger partial charge is 0.131 e. The molecular formula is C29H42N2O4. The summed E-state index contributed by atoms with van der Waals surface area (Å²) in [5, 5.41) is 0. The number of allylic oxidation sites excluding steroid dienone is 2. The second kappa shape index (κ2) is 10.3. The van der Waals surface area contributed by atoms with Crippen LogP contribution in [0.3, 0.4) is 0 Å². The van der Waals surface area contributed by atoms with Gasteiger partial charge in [-0.1, -0.05) is 0 Å². The number of ether oxygens (including phenoxy) is 4. The molecule has 4 aliphatic heterocycles. The van der Waals surface area contributed by atoms with Crippen LogP contribution in [-0.4, -0.2) is 65.6 Å². The van der Waals surface area contributed by atoms with Crippen molar-refractivity contribution in [2.45, 2.75) is 70.8 Å². The van der Waals surface area contributed by atoms with E-state index in [1.54, 1.807) is 28.4 Å². The molecule has 6 heteroatoms. The van der Waals surface area contributed by atoms with Crippen molar-refractivity contribution in [1.29, 1.82) is 0 Å². The van der Waals surface area contributed by atoms with Crippen molar-refractivity contribution in [3.05, 3.63) is 39.3 Å². The number of hydrogen-bond donors (Lipinski definition) is 0. The van der Waals surface area contributed by atoms with Crippen LogP contribution in [0.5, 0.6) is 11.5 Å². The van der Waals surface area contributed by atoms with Crippen molar-refractivity contribution in [2.24, 2.45) is 0 Å². The average Bonchev–Trinajstić information content (AvgIpc) is 2.89. The molecule has 0 saturated carbocycles. The van der Waals surface area contributed by atoms with E-state index in [0.717, 1.165) is 81.1 Å². The first-order valence-electron chi connectivity index (χ1n) is 13.4. The van der Waals surface area contributed by atoms with E-state index in [-0.39, 0.29) is 6.10 Å². The zero-order chi connectivity index (χ0) is 24.5. The van der Waals surface area contributed by atoms with Gasteiger partial charge in [0.1, 0.15) is 23.4 Å². The molecule has 192 valence electrons. The van der Waals surface area contributed by atoms with Crippen LogP contribution in [-0.2, 0) is 28.7 Å². The molecule has 4 heterocycles. The lowest BCUT2D eigenvalue weighted by Gasteiger charge is -2.40. The standard InChI is InChI=1S/C29H42N2O4/c1-19-10-6-14-30-15-7-11-20(25(19)30)29(35-5)24(32-2)18-23-27(33-3)21-12-8-16-31-17-9-13-22(26(21)31)28(23)34-4/h24H,6-18H2,1-5H3/b29-20+. The van der Waals surface area contributed by atoms with Crippen LogP contribution in [0.4, 0.5) is 5.69 Å². The molecule has 1 saturated heterocycles. The van der Waals surface area contributed by atoms with Gasteiger partial charge in [-0.05, 0) is 63.9 Å². The van der Waals surface area contributed by atoms with E-state index < -0.39 is 0 Å². The maximum absolute atomic E-state index is 6.18. The van der Waals surface area contributed by atoms with Gasteiger partial charge in [-0.15, -0.1) is 0 Å². The van der Waals surface area contributed by atoms with Gasteiger partial charge in [0.2, 0.25) is 0 Å². The third-order valence-corrected chi connectivity index (χ3v) is 8.43. The number of rotatable bonds is 7. The Labute approximate surface area is 210 Å². The van der Waals surface area contributed by atoms with Crippen molar-refractivity contribution in [3.63, 3.8) is 0 Å². The molecule has 1 atom stereocenters. The number of fused-ring (bicyclic) bond motifs is 1. The van der Waals surface area contributed by atoms with E-state index in [0.29, 0.717) is 6.42 Å². The molecule has 0 amide bonds. The summed E-state index contributed by atoms with van der Waals surface area (Å²) in [6.07, 6.45) is 9.49. The SMILES string of the molecule is CO/C(=C1\CCCN2CCCC(C)=C12)C(Cc1c(OC)c2c3c(c1OC)CCCN3CCC2)OC. The van der Waals surface area contributed by atoms with E-state index in [1.165, 1.54) is 52.9 Å². The molecule has 0 N–H and O–H groups in total. The van der Waals surface area contributed by atoms with E-state index >= 15 is 0 Å². The highest BCUT2D eigenvalue weighted by molar-refractivity contribution is 5.74. The first kappa shape index (κ1) is 24.4. The summed E-state index contributed by atoms with van der Waals surface area (Å²) in [6.45, 7) is 6.80. The Balaban J connectivity index is 1.61. The molecule has 1 aromatic carbocycles. The van der Waals surface area contributed by atoms with Gasteiger partial charge < -0.3 is 28.7 Å². The molecule has 0 bridgehead atoms. The van der Waals surface area contributed by atoms with E-state index in [2.05, 4.69) is 16.7 Å². The van der Waals surface area contributed by atoms with Crippen molar-refractivity contribution >= 4 is 5.69 Å². The molecular weight excluding hydrogens is 440 g/mol. The lowest BCUT2D eigenvalue weighted by Crippen LogP contribution is -2.36. The Morgan fingerprint density at radius 1 is 0.771 bits per heavy atom. The third kappa shape index (κ3) is 4.18. The first-order chi connectivity index (χ1) is 17.1. The van der Waals surface area contributed by atoms with Crippen molar-refractivity contribution in [2.75, 3.05) is 59.5 Å². The number of nitrogens with zero attached hydrogens (tertiary/aromatic N) is 2. The van der Waals surface area contributed by atoms with Gasteiger partial charge in [-0.25, -0.2) is 0 Å². The normalized spacial score (nSPS) is 21.9. The topological polar surface area (TPSA) is 43.4 Å². The average molecular weight is 483 g/mol. The molecule has 35 heavy (non-hydrogen) atoms. The zero-order valence-electron chi connectivity index (χ0n) is 22.3. The van der Waals surface area contributed by atoms with Gasteiger partial charge in [-0.2, -0.15) is 0 Å². The Hall–Kier alpha value is -2.34. The van der Waals surface area contributed by atoms with Gasteiger partial charge in [0.05, 0.1) is 27.0 Å². The summed E-state index contributed by atoms with van der Waals surface area (Å²) in [5.74, 6) is 2.92. The predicted octanol–water partition coefficient (Wildman–Crippen LogP) is 5.02. The fourth-order valence-corrected chi connectivity index (χ4v) is 7.05. The van der Waals surface area contributed by atoms with E-state index in [4.69, 9.17) is 18.9 Å². The van der Waals surface area contributed by atoms with Crippen molar-refractivity contribution in [3.8, 4) is 11.5 Å². The summed E-state index contributed by atoms with van der Waals surface area (Å²) >= 11 is 0. The third-order valence-electron chi connectivity index (χ3n) is 8.43. The van der Waals surface area contributed by atoms with Crippen molar-refractivity contribution < 1.29 is 18.9 Å². The number of hydrogen-bond acceptors (Lipinski definition) is 6. The first-order valence-corrected chi connectivity index (χ1v) is 13.4. The van der Waals surface area contributed by atoms with Crippen molar-refractivity contribution in [1.82, 2.24) is 4.90 Å². The minimum atomic E-state index is -0.200. The second-order valence-electron chi connectivity index (χ2n) is 10.3. The predicted molar refractivity (Wildman–Crippen MR) is 140 cm³/mol. The van der Waals surface area contributed by atoms with Gasteiger partial charge in [0.15, 0.2) is 0 Å². The largest absolute Gasteiger partial charge is 0.498 e. The van der Waals surface area contributed by atoms with Crippen LogP contribution in [0.2, 0.25) is 0 Å². The molecule has 1 fully saturated rings. The lowest BCUT2D eigenvalue weighted by atomic mass is 9.85. The number of methoxy groups -OCH3 is 4.